The summed E-state index contributed by atoms with van der Waals surface area (Å²) in [6.45, 7) is 8.21. The molecule has 0 heterocycles. The normalized spacial score (nSPS) is 27.7. The third-order valence-corrected chi connectivity index (χ3v) is 2.60. The molecule has 72 valence electrons. The Morgan fingerprint density at radius 1 is 1.15 bits per heavy atom. The van der Waals surface area contributed by atoms with Gasteiger partial charge in [-0.1, -0.05) is 45.1 Å². The van der Waals surface area contributed by atoms with Crippen LogP contribution in [0.3, 0.4) is 0 Å². The number of rotatable bonds is 1. The average Bonchev–Trinajstić information content (AvgIpc) is 2.03. The number of ketones is 1. The average molecular weight is 178 g/mol. The molecule has 0 saturated carbocycles. The molecule has 2 unspecified atom stereocenters. The van der Waals surface area contributed by atoms with Crippen LogP contribution >= 0.6 is 0 Å². The van der Waals surface area contributed by atoms with Crippen LogP contribution in [0.2, 0.25) is 0 Å². The van der Waals surface area contributed by atoms with Crippen molar-refractivity contribution >= 4 is 5.78 Å². The predicted octanol–water partition coefficient (Wildman–Crippen LogP) is 2.98. The Balaban J connectivity index is 2.89. The highest BCUT2D eigenvalue weighted by Gasteiger charge is 2.32. The van der Waals surface area contributed by atoms with E-state index in [1.807, 2.05) is 18.2 Å². The first-order valence-electron chi connectivity index (χ1n) is 4.78. The van der Waals surface area contributed by atoms with Crippen molar-refractivity contribution in [3.63, 3.8) is 0 Å². The first-order valence-corrected chi connectivity index (χ1v) is 4.78. The maximum Gasteiger partial charge on any atom is 0.137 e. The molecule has 1 heteroatoms. The minimum atomic E-state index is 0.0741. The fraction of sp³-hybridized carbons (Fsp3) is 0.583. The van der Waals surface area contributed by atoms with Crippen molar-refractivity contribution < 1.29 is 4.79 Å². The second kappa shape index (κ2) is 3.49. The molecule has 0 bridgehead atoms. The lowest BCUT2D eigenvalue weighted by Crippen LogP contribution is -2.30. The van der Waals surface area contributed by atoms with E-state index in [4.69, 9.17) is 0 Å². The molecule has 0 aromatic rings. The maximum atomic E-state index is 11.4. The van der Waals surface area contributed by atoms with Gasteiger partial charge in [-0.05, 0) is 18.3 Å². The molecular weight excluding hydrogens is 160 g/mol. The van der Waals surface area contributed by atoms with Crippen molar-refractivity contribution in [3.8, 4) is 0 Å². The summed E-state index contributed by atoms with van der Waals surface area (Å²) >= 11 is 0. The predicted molar refractivity (Wildman–Crippen MR) is 55.4 cm³/mol. The van der Waals surface area contributed by atoms with Crippen LogP contribution < -0.4 is 0 Å². The molecule has 1 nitrogen and oxygen atoms in total. The highest BCUT2D eigenvalue weighted by atomic mass is 16.1. The van der Waals surface area contributed by atoms with E-state index in [-0.39, 0.29) is 17.1 Å². The summed E-state index contributed by atoms with van der Waals surface area (Å²) in [4.78, 5) is 11.4. The van der Waals surface area contributed by atoms with E-state index >= 15 is 0 Å². The van der Waals surface area contributed by atoms with Crippen LogP contribution in [0.5, 0.6) is 0 Å². The van der Waals surface area contributed by atoms with Crippen LogP contribution in [0, 0.1) is 17.3 Å². The van der Waals surface area contributed by atoms with Gasteiger partial charge >= 0.3 is 0 Å². The van der Waals surface area contributed by atoms with E-state index in [2.05, 4.69) is 26.8 Å². The highest BCUT2D eigenvalue weighted by Crippen LogP contribution is 2.36. The van der Waals surface area contributed by atoms with Crippen molar-refractivity contribution in [1.82, 2.24) is 0 Å². The first-order chi connectivity index (χ1) is 5.93. The smallest absolute Gasteiger partial charge is 0.137 e. The Morgan fingerprint density at radius 2 is 1.69 bits per heavy atom. The largest absolute Gasteiger partial charge is 0.299 e. The maximum absolute atomic E-state index is 11.4. The number of carbonyl (C=O) groups is 1. The van der Waals surface area contributed by atoms with Gasteiger partial charge in [0.05, 0.1) is 0 Å². The molecule has 13 heavy (non-hydrogen) atoms. The molecule has 0 spiro atoms. The Bertz CT molecular complexity index is 253. The Labute approximate surface area is 80.5 Å². The Hall–Kier alpha value is -0.850. The van der Waals surface area contributed by atoms with Crippen molar-refractivity contribution in [2.24, 2.45) is 17.3 Å². The summed E-state index contributed by atoms with van der Waals surface area (Å²) < 4.78 is 0. The van der Waals surface area contributed by atoms with E-state index in [1.165, 1.54) is 0 Å². The fourth-order valence-corrected chi connectivity index (χ4v) is 1.82. The van der Waals surface area contributed by atoms with Gasteiger partial charge in [0.15, 0.2) is 0 Å². The molecule has 0 radical (unpaired) electrons. The van der Waals surface area contributed by atoms with Gasteiger partial charge < -0.3 is 0 Å². The minimum Gasteiger partial charge on any atom is -0.299 e. The zero-order valence-electron chi connectivity index (χ0n) is 8.87. The van der Waals surface area contributed by atoms with Gasteiger partial charge in [0.2, 0.25) is 0 Å². The van der Waals surface area contributed by atoms with Crippen LogP contribution in [0.25, 0.3) is 0 Å². The van der Waals surface area contributed by atoms with Crippen molar-refractivity contribution in [1.29, 1.82) is 0 Å². The molecule has 0 aromatic heterocycles. The topological polar surface area (TPSA) is 17.1 Å². The van der Waals surface area contributed by atoms with Crippen LogP contribution in [-0.4, -0.2) is 5.78 Å². The van der Waals surface area contributed by atoms with Crippen LogP contribution in [0.4, 0.5) is 0 Å². The van der Waals surface area contributed by atoms with Crippen molar-refractivity contribution in [2.45, 2.75) is 27.7 Å². The van der Waals surface area contributed by atoms with E-state index in [0.717, 1.165) is 0 Å². The van der Waals surface area contributed by atoms with Gasteiger partial charge in [-0.25, -0.2) is 0 Å². The van der Waals surface area contributed by atoms with E-state index < -0.39 is 0 Å². The van der Waals surface area contributed by atoms with Gasteiger partial charge in [0.1, 0.15) is 5.78 Å². The molecule has 1 aliphatic carbocycles. The third kappa shape index (κ3) is 2.30. The highest BCUT2D eigenvalue weighted by molar-refractivity contribution is 5.81. The quantitative estimate of drug-likeness (QED) is 0.603. The summed E-state index contributed by atoms with van der Waals surface area (Å²) in [5.41, 5.74) is 0.164. The molecule has 0 saturated heterocycles. The van der Waals surface area contributed by atoms with Gasteiger partial charge in [-0.15, -0.1) is 0 Å². The van der Waals surface area contributed by atoms with E-state index in [0.29, 0.717) is 5.92 Å². The molecule has 0 N–H and O–H groups in total. The lowest BCUT2D eigenvalue weighted by Gasteiger charge is -2.33. The van der Waals surface area contributed by atoms with Crippen LogP contribution in [-0.2, 0) is 4.79 Å². The van der Waals surface area contributed by atoms with E-state index in [9.17, 15) is 4.79 Å². The lowest BCUT2D eigenvalue weighted by molar-refractivity contribution is -0.121. The number of carbonyl (C=O) groups excluding carboxylic acids is 1. The second-order valence-electron chi connectivity index (χ2n) is 4.80. The van der Waals surface area contributed by atoms with Gasteiger partial charge in [-0.2, -0.15) is 0 Å². The van der Waals surface area contributed by atoms with Gasteiger partial charge in [-0.3, -0.25) is 4.79 Å². The standard InChI is InChI=1S/C12H18O/c1-9(13)10-7-5-6-8-11(10)12(2,3)4/h5-8,10-11H,1-4H3. The minimum absolute atomic E-state index is 0.0741. The van der Waals surface area contributed by atoms with Crippen LogP contribution in [0.15, 0.2) is 24.3 Å². The zero-order chi connectivity index (χ0) is 10.1. The molecule has 0 fully saturated rings. The SMILES string of the molecule is CC(=O)C1C=CC=CC1C(C)(C)C. The first kappa shape index (κ1) is 10.2. The Kier molecular flexibility index (Phi) is 2.74. The monoisotopic (exact) mass is 178 g/mol. The lowest BCUT2D eigenvalue weighted by atomic mass is 9.70. The van der Waals surface area contributed by atoms with Gasteiger partial charge in [0, 0.05) is 5.92 Å². The molecule has 1 rings (SSSR count). The number of hydrogen-bond acceptors (Lipinski definition) is 1. The zero-order valence-corrected chi connectivity index (χ0v) is 8.87. The van der Waals surface area contributed by atoms with E-state index in [1.54, 1.807) is 6.92 Å². The van der Waals surface area contributed by atoms with Crippen LogP contribution in [0.1, 0.15) is 27.7 Å². The Morgan fingerprint density at radius 3 is 2.08 bits per heavy atom. The summed E-state index contributed by atoms with van der Waals surface area (Å²) in [7, 11) is 0. The number of allylic oxidation sites excluding steroid dienone is 4. The fourth-order valence-electron chi connectivity index (χ4n) is 1.82. The van der Waals surface area contributed by atoms with Crippen molar-refractivity contribution in [2.75, 3.05) is 0 Å². The summed E-state index contributed by atoms with van der Waals surface area (Å²) in [6, 6.07) is 0. The molecule has 0 amide bonds. The molecule has 2 atom stereocenters. The molecule has 1 aliphatic rings. The van der Waals surface area contributed by atoms with Crippen molar-refractivity contribution in [3.05, 3.63) is 24.3 Å². The third-order valence-electron chi connectivity index (χ3n) is 2.60. The number of hydrogen-bond donors (Lipinski definition) is 0. The summed E-state index contributed by atoms with van der Waals surface area (Å²) in [6.07, 6.45) is 8.16. The molecule has 0 aromatic carbocycles. The number of Topliss-reactive ketones (excluding diaryl/α,β-unsaturated/α-hetero) is 1. The summed E-state index contributed by atoms with van der Waals surface area (Å²) in [5.74, 6) is 0.681. The second-order valence-corrected chi connectivity index (χ2v) is 4.80. The molecular formula is C12H18O. The van der Waals surface area contributed by atoms with Gasteiger partial charge in [0.25, 0.3) is 0 Å². The summed E-state index contributed by atoms with van der Waals surface area (Å²) in [5, 5.41) is 0. The molecule has 0 aliphatic heterocycles.